The summed E-state index contributed by atoms with van der Waals surface area (Å²) >= 11 is 0. The number of ether oxygens (including phenoxy) is 1. The fourth-order valence-electron chi connectivity index (χ4n) is 1.48. The van der Waals surface area contributed by atoms with E-state index in [1.165, 1.54) is 18.4 Å². The predicted octanol–water partition coefficient (Wildman–Crippen LogP) is 2.12. The molecule has 0 spiro atoms. The summed E-state index contributed by atoms with van der Waals surface area (Å²) in [4.78, 5) is 22.9. The summed E-state index contributed by atoms with van der Waals surface area (Å²) in [6, 6.07) is 2.94. The van der Waals surface area contributed by atoms with Gasteiger partial charge in [0.1, 0.15) is 5.76 Å². The van der Waals surface area contributed by atoms with Crippen molar-refractivity contribution in [2.45, 2.75) is 26.1 Å². The maximum Gasteiger partial charge on any atom is 0.471 e. The first kappa shape index (κ1) is 16.1. The molecule has 0 bridgehead atoms. The molecular formula is C12H14F3NO4. The second-order valence-electron chi connectivity index (χ2n) is 3.86. The Labute approximate surface area is 113 Å². The zero-order valence-corrected chi connectivity index (χ0v) is 10.8. The molecule has 1 heterocycles. The highest BCUT2D eigenvalue weighted by Crippen LogP contribution is 2.20. The first-order valence-corrected chi connectivity index (χ1v) is 5.88. The van der Waals surface area contributed by atoms with Gasteiger partial charge in [-0.25, -0.2) is 0 Å². The van der Waals surface area contributed by atoms with Crippen molar-refractivity contribution >= 4 is 11.9 Å². The van der Waals surface area contributed by atoms with Gasteiger partial charge in [-0.15, -0.1) is 0 Å². The van der Waals surface area contributed by atoms with Gasteiger partial charge in [0.15, 0.2) is 0 Å². The van der Waals surface area contributed by atoms with Crippen LogP contribution in [0.4, 0.5) is 13.2 Å². The number of nitrogens with zero attached hydrogens (tertiary/aromatic N) is 1. The van der Waals surface area contributed by atoms with Crippen molar-refractivity contribution in [3.05, 3.63) is 24.2 Å². The lowest BCUT2D eigenvalue weighted by molar-refractivity contribution is -0.186. The van der Waals surface area contributed by atoms with E-state index >= 15 is 0 Å². The van der Waals surface area contributed by atoms with Crippen LogP contribution in [0.25, 0.3) is 0 Å². The number of carbonyl (C=O) groups excluding carboxylic acids is 2. The molecule has 0 aliphatic heterocycles. The minimum Gasteiger partial charge on any atom is -0.467 e. The Morgan fingerprint density at radius 1 is 1.40 bits per heavy atom. The largest absolute Gasteiger partial charge is 0.471 e. The predicted molar refractivity (Wildman–Crippen MR) is 61.4 cm³/mol. The van der Waals surface area contributed by atoms with Crippen LogP contribution < -0.4 is 0 Å². The average molecular weight is 293 g/mol. The lowest BCUT2D eigenvalue weighted by Crippen LogP contribution is -2.41. The summed E-state index contributed by atoms with van der Waals surface area (Å²) in [5.41, 5.74) is 0. The molecule has 0 aliphatic carbocycles. The van der Waals surface area contributed by atoms with E-state index in [9.17, 15) is 22.8 Å². The number of furan rings is 1. The van der Waals surface area contributed by atoms with E-state index in [1.807, 2.05) is 0 Å². The Bertz CT molecular complexity index is 442. The molecule has 1 rings (SSSR count). The Hall–Kier alpha value is -1.99. The highest BCUT2D eigenvalue weighted by Gasteiger charge is 2.42. The van der Waals surface area contributed by atoms with Gasteiger partial charge in [0, 0.05) is 6.54 Å². The Balaban J connectivity index is 2.69. The summed E-state index contributed by atoms with van der Waals surface area (Å²) in [6.07, 6.45) is -4.02. The van der Waals surface area contributed by atoms with Crippen molar-refractivity contribution in [2.24, 2.45) is 0 Å². The Kier molecular flexibility index (Phi) is 5.60. The molecule has 1 aromatic rings. The molecule has 20 heavy (non-hydrogen) atoms. The molecule has 8 heteroatoms. The number of amides is 1. The molecule has 1 amide bonds. The quantitative estimate of drug-likeness (QED) is 0.754. The van der Waals surface area contributed by atoms with Crippen LogP contribution in [0, 0.1) is 0 Å². The van der Waals surface area contributed by atoms with E-state index in [4.69, 9.17) is 4.42 Å². The highest BCUT2D eigenvalue weighted by molar-refractivity contribution is 5.82. The number of esters is 1. The average Bonchev–Trinajstić information content (AvgIpc) is 2.85. The molecule has 0 atom stereocenters. The molecule has 0 aromatic carbocycles. The van der Waals surface area contributed by atoms with Crippen LogP contribution in [-0.2, 0) is 20.9 Å². The number of rotatable bonds is 6. The van der Waals surface area contributed by atoms with Crippen molar-refractivity contribution in [2.75, 3.05) is 13.2 Å². The minimum atomic E-state index is -5.00. The molecule has 5 nitrogen and oxygen atoms in total. The first-order chi connectivity index (χ1) is 9.34. The molecule has 0 N–H and O–H groups in total. The van der Waals surface area contributed by atoms with Crippen molar-refractivity contribution < 1.29 is 31.9 Å². The Morgan fingerprint density at radius 3 is 2.60 bits per heavy atom. The number of halogens is 3. The lowest BCUT2D eigenvalue weighted by atomic mass is 10.3. The summed E-state index contributed by atoms with van der Waals surface area (Å²) < 4.78 is 46.9. The third kappa shape index (κ3) is 4.94. The van der Waals surface area contributed by atoms with Crippen molar-refractivity contribution in [1.82, 2.24) is 4.90 Å². The van der Waals surface area contributed by atoms with Gasteiger partial charge in [-0.05, 0) is 19.1 Å². The summed E-state index contributed by atoms with van der Waals surface area (Å²) in [6.45, 7) is 0.965. The highest BCUT2D eigenvalue weighted by atomic mass is 19.4. The van der Waals surface area contributed by atoms with E-state index in [2.05, 4.69) is 4.74 Å². The number of alkyl halides is 3. The molecule has 0 saturated heterocycles. The molecule has 0 radical (unpaired) electrons. The number of hydrogen-bond acceptors (Lipinski definition) is 4. The van der Waals surface area contributed by atoms with Crippen LogP contribution in [0.5, 0.6) is 0 Å². The molecule has 112 valence electrons. The van der Waals surface area contributed by atoms with Crippen molar-refractivity contribution in [3.8, 4) is 0 Å². The summed E-state index contributed by atoms with van der Waals surface area (Å²) in [5.74, 6) is -2.48. The molecule has 1 aromatic heterocycles. The number of hydrogen-bond donors (Lipinski definition) is 0. The second-order valence-corrected chi connectivity index (χ2v) is 3.86. The van der Waals surface area contributed by atoms with Gasteiger partial charge < -0.3 is 14.1 Å². The fraction of sp³-hybridized carbons (Fsp3) is 0.500. The van der Waals surface area contributed by atoms with Crippen molar-refractivity contribution in [3.63, 3.8) is 0 Å². The Morgan fingerprint density at radius 2 is 2.10 bits per heavy atom. The van der Waals surface area contributed by atoms with Crippen LogP contribution >= 0.6 is 0 Å². The minimum absolute atomic E-state index is 0.129. The molecule has 0 unspecified atom stereocenters. The van der Waals surface area contributed by atoms with Gasteiger partial charge >= 0.3 is 18.1 Å². The topological polar surface area (TPSA) is 59.8 Å². The van der Waals surface area contributed by atoms with Crippen molar-refractivity contribution in [1.29, 1.82) is 0 Å². The normalized spacial score (nSPS) is 11.2. The van der Waals surface area contributed by atoms with Gasteiger partial charge in [-0.3, -0.25) is 9.59 Å². The van der Waals surface area contributed by atoms with E-state index < -0.39 is 24.6 Å². The van der Waals surface area contributed by atoms with Gasteiger partial charge in [0.05, 0.1) is 25.8 Å². The van der Waals surface area contributed by atoms with Crippen LogP contribution in [0.3, 0.4) is 0 Å². The van der Waals surface area contributed by atoms with E-state index in [0.717, 1.165) is 0 Å². The lowest BCUT2D eigenvalue weighted by Gasteiger charge is -2.22. The third-order valence-corrected chi connectivity index (χ3v) is 2.35. The van der Waals surface area contributed by atoms with E-state index in [-0.39, 0.29) is 25.3 Å². The summed E-state index contributed by atoms with van der Waals surface area (Å²) in [5, 5.41) is 0. The van der Waals surface area contributed by atoms with E-state index in [0.29, 0.717) is 4.90 Å². The number of carbonyl (C=O) groups is 2. The zero-order valence-electron chi connectivity index (χ0n) is 10.8. The van der Waals surface area contributed by atoms with Gasteiger partial charge in [0.25, 0.3) is 0 Å². The van der Waals surface area contributed by atoms with Crippen LogP contribution in [0.15, 0.2) is 22.8 Å². The zero-order chi connectivity index (χ0) is 15.2. The molecule has 0 fully saturated rings. The monoisotopic (exact) mass is 293 g/mol. The SMILES string of the molecule is CCOC(=O)CCN(Cc1ccco1)C(=O)C(F)(F)F. The maximum atomic E-state index is 12.5. The molecular weight excluding hydrogens is 279 g/mol. The summed E-state index contributed by atoms with van der Waals surface area (Å²) in [7, 11) is 0. The third-order valence-electron chi connectivity index (χ3n) is 2.35. The maximum absolute atomic E-state index is 12.5. The van der Waals surface area contributed by atoms with Gasteiger partial charge in [-0.1, -0.05) is 0 Å². The van der Waals surface area contributed by atoms with Crippen LogP contribution in [0.1, 0.15) is 19.1 Å². The van der Waals surface area contributed by atoms with Gasteiger partial charge in [-0.2, -0.15) is 13.2 Å². The second kappa shape index (κ2) is 6.97. The fourth-order valence-corrected chi connectivity index (χ4v) is 1.48. The van der Waals surface area contributed by atoms with E-state index in [1.54, 1.807) is 6.92 Å². The standard InChI is InChI=1S/C12H14F3NO4/c1-2-19-10(17)5-6-16(11(18)12(13,14)15)8-9-4-3-7-20-9/h3-4,7H,2,5-6,8H2,1H3. The smallest absolute Gasteiger partial charge is 0.467 e. The molecule has 0 aliphatic rings. The van der Waals surface area contributed by atoms with Crippen LogP contribution in [0.2, 0.25) is 0 Å². The molecule has 0 saturated carbocycles. The van der Waals surface area contributed by atoms with Crippen LogP contribution in [-0.4, -0.2) is 36.1 Å². The first-order valence-electron chi connectivity index (χ1n) is 5.88. The van der Waals surface area contributed by atoms with Gasteiger partial charge in [0.2, 0.25) is 0 Å².